The number of hydrogen-bond donors (Lipinski definition) is 1. The summed E-state index contributed by atoms with van der Waals surface area (Å²) in [6, 6.07) is 18.2. The highest BCUT2D eigenvalue weighted by Crippen LogP contribution is 2.49. The third-order valence-electron chi connectivity index (χ3n) is 4.22. The van der Waals surface area contributed by atoms with E-state index in [-0.39, 0.29) is 11.8 Å². The molecule has 3 heteroatoms. The van der Waals surface area contributed by atoms with E-state index in [2.05, 4.69) is 17.4 Å². The fourth-order valence-electron chi connectivity index (χ4n) is 2.88. The summed E-state index contributed by atoms with van der Waals surface area (Å²) < 4.78 is 0. The van der Waals surface area contributed by atoms with Crippen molar-refractivity contribution in [2.75, 3.05) is 6.54 Å². The van der Waals surface area contributed by atoms with E-state index in [0.29, 0.717) is 5.92 Å². The summed E-state index contributed by atoms with van der Waals surface area (Å²) in [6.07, 6.45) is 2.88. The smallest absolute Gasteiger partial charge is 0.223 e. The minimum atomic E-state index is 0.0941. The molecule has 3 rings (SSSR count). The molecule has 0 spiro atoms. The Kier molecular flexibility index (Phi) is 4.79. The fourth-order valence-corrected chi connectivity index (χ4v) is 3.16. The molecule has 0 heterocycles. The van der Waals surface area contributed by atoms with Gasteiger partial charge in [-0.2, -0.15) is 0 Å². The van der Waals surface area contributed by atoms with Crippen LogP contribution in [-0.4, -0.2) is 12.5 Å². The van der Waals surface area contributed by atoms with Crippen LogP contribution in [0.2, 0.25) is 5.02 Å². The maximum absolute atomic E-state index is 12.2. The van der Waals surface area contributed by atoms with Crippen LogP contribution in [0.15, 0.2) is 54.6 Å². The third-order valence-corrected chi connectivity index (χ3v) is 4.56. The summed E-state index contributed by atoms with van der Waals surface area (Å²) >= 11 is 6.19. The molecule has 114 valence electrons. The second-order valence-corrected chi connectivity index (χ2v) is 6.26. The lowest BCUT2D eigenvalue weighted by Gasteiger charge is -2.06. The molecule has 2 aromatic carbocycles. The van der Waals surface area contributed by atoms with Gasteiger partial charge in [0.15, 0.2) is 0 Å². The molecular formula is C19H20ClNO. The number of carbonyl (C=O) groups is 1. The number of benzene rings is 2. The van der Waals surface area contributed by atoms with Crippen LogP contribution in [0.5, 0.6) is 0 Å². The van der Waals surface area contributed by atoms with Crippen molar-refractivity contribution >= 4 is 17.5 Å². The number of amides is 1. The molecule has 22 heavy (non-hydrogen) atoms. The summed E-state index contributed by atoms with van der Waals surface area (Å²) in [6.45, 7) is 0.736. The van der Waals surface area contributed by atoms with E-state index >= 15 is 0 Å². The highest BCUT2D eigenvalue weighted by atomic mass is 35.5. The summed E-state index contributed by atoms with van der Waals surface area (Å²) in [5.74, 6) is 0.553. The predicted octanol–water partition coefficient (Wildman–Crippen LogP) is 4.19. The van der Waals surface area contributed by atoms with Crippen molar-refractivity contribution in [3.63, 3.8) is 0 Å². The third kappa shape index (κ3) is 3.69. The maximum Gasteiger partial charge on any atom is 0.223 e. The lowest BCUT2D eigenvalue weighted by Crippen LogP contribution is -2.26. The number of hydrogen-bond acceptors (Lipinski definition) is 1. The average Bonchev–Trinajstić information content (AvgIpc) is 3.33. The van der Waals surface area contributed by atoms with E-state index in [1.54, 1.807) is 0 Å². The Morgan fingerprint density at radius 3 is 2.59 bits per heavy atom. The highest BCUT2D eigenvalue weighted by molar-refractivity contribution is 6.31. The predicted molar refractivity (Wildman–Crippen MR) is 90.1 cm³/mol. The van der Waals surface area contributed by atoms with Crippen molar-refractivity contribution < 1.29 is 4.79 Å². The molecule has 0 bridgehead atoms. The van der Waals surface area contributed by atoms with Gasteiger partial charge in [0.05, 0.1) is 0 Å². The maximum atomic E-state index is 12.2. The second kappa shape index (κ2) is 6.97. The molecular weight excluding hydrogens is 294 g/mol. The highest BCUT2D eigenvalue weighted by Gasteiger charge is 2.44. The van der Waals surface area contributed by atoms with Crippen molar-refractivity contribution in [3.05, 3.63) is 70.7 Å². The molecule has 0 radical (unpaired) electrons. The van der Waals surface area contributed by atoms with Gasteiger partial charge in [-0.3, -0.25) is 4.79 Å². The first-order chi connectivity index (χ1) is 10.8. The van der Waals surface area contributed by atoms with Crippen LogP contribution in [-0.2, 0) is 11.2 Å². The summed E-state index contributed by atoms with van der Waals surface area (Å²) in [4.78, 5) is 12.2. The van der Waals surface area contributed by atoms with Gasteiger partial charge in [0, 0.05) is 17.5 Å². The Morgan fingerprint density at radius 2 is 1.82 bits per heavy atom. The molecule has 2 atom stereocenters. The summed E-state index contributed by atoms with van der Waals surface area (Å²) in [5, 5.41) is 3.82. The van der Waals surface area contributed by atoms with Gasteiger partial charge in [-0.25, -0.2) is 0 Å². The zero-order valence-electron chi connectivity index (χ0n) is 12.5. The zero-order valence-corrected chi connectivity index (χ0v) is 13.2. The van der Waals surface area contributed by atoms with Gasteiger partial charge in [-0.05, 0) is 42.4 Å². The molecule has 1 amide bonds. The van der Waals surface area contributed by atoms with Crippen LogP contribution in [0.4, 0.5) is 0 Å². The van der Waals surface area contributed by atoms with Gasteiger partial charge in [0.25, 0.3) is 0 Å². The molecule has 1 saturated carbocycles. The molecule has 0 aliphatic heterocycles. The van der Waals surface area contributed by atoms with E-state index in [1.165, 1.54) is 5.56 Å². The first kappa shape index (κ1) is 15.1. The normalized spacial score (nSPS) is 19.7. The summed E-state index contributed by atoms with van der Waals surface area (Å²) in [5.41, 5.74) is 2.42. The van der Waals surface area contributed by atoms with Gasteiger partial charge in [0.1, 0.15) is 0 Å². The topological polar surface area (TPSA) is 29.1 Å². The molecule has 1 aliphatic rings. The number of rotatable bonds is 6. The Bertz CT molecular complexity index is 641. The molecule has 2 nitrogen and oxygen atoms in total. The standard InChI is InChI=1S/C19H20ClNO/c20-18-11-5-4-10-15(18)16-13-17(16)19(22)21-12-6-9-14-7-2-1-3-8-14/h1-5,7-8,10-11,16-17H,6,9,12-13H2,(H,21,22). The van der Waals surface area contributed by atoms with Crippen LogP contribution in [0.1, 0.15) is 29.9 Å². The van der Waals surface area contributed by atoms with E-state index in [9.17, 15) is 4.79 Å². The van der Waals surface area contributed by atoms with Gasteiger partial charge in [0.2, 0.25) is 5.91 Å². The molecule has 1 aliphatic carbocycles. The SMILES string of the molecule is O=C(NCCCc1ccccc1)C1CC1c1ccccc1Cl. The quantitative estimate of drug-likeness (QED) is 0.796. The van der Waals surface area contributed by atoms with Crippen LogP contribution in [0.25, 0.3) is 0 Å². The fraction of sp³-hybridized carbons (Fsp3) is 0.316. The Labute approximate surface area is 136 Å². The number of nitrogens with one attached hydrogen (secondary N) is 1. The van der Waals surface area contributed by atoms with Crippen molar-refractivity contribution in [2.45, 2.75) is 25.2 Å². The van der Waals surface area contributed by atoms with E-state index in [0.717, 1.165) is 36.4 Å². The molecule has 0 aromatic heterocycles. The summed E-state index contributed by atoms with van der Waals surface area (Å²) in [7, 11) is 0. The minimum Gasteiger partial charge on any atom is -0.356 e. The molecule has 1 N–H and O–H groups in total. The molecule has 2 aromatic rings. The first-order valence-electron chi connectivity index (χ1n) is 7.82. The van der Waals surface area contributed by atoms with Gasteiger partial charge in [-0.15, -0.1) is 0 Å². The van der Waals surface area contributed by atoms with Gasteiger partial charge >= 0.3 is 0 Å². The zero-order chi connectivity index (χ0) is 15.4. The Balaban J connectivity index is 1.42. The van der Waals surface area contributed by atoms with Crippen LogP contribution in [0.3, 0.4) is 0 Å². The monoisotopic (exact) mass is 313 g/mol. The lowest BCUT2D eigenvalue weighted by atomic mass is 10.1. The van der Waals surface area contributed by atoms with Gasteiger partial charge < -0.3 is 5.32 Å². The Hall–Kier alpha value is -1.80. The van der Waals surface area contributed by atoms with E-state index in [4.69, 9.17) is 11.6 Å². The van der Waals surface area contributed by atoms with E-state index < -0.39 is 0 Å². The molecule has 2 unspecified atom stereocenters. The van der Waals surface area contributed by atoms with Crippen molar-refractivity contribution in [3.8, 4) is 0 Å². The largest absolute Gasteiger partial charge is 0.356 e. The molecule has 0 saturated heterocycles. The van der Waals surface area contributed by atoms with Crippen molar-refractivity contribution in [1.82, 2.24) is 5.32 Å². The van der Waals surface area contributed by atoms with Crippen LogP contribution >= 0.6 is 11.6 Å². The number of carbonyl (C=O) groups excluding carboxylic acids is 1. The van der Waals surface area contributed by atoms with Crippen LogP contribution in [0, 0.1) is 5.92 Å². The minimum absolute atomic E-state index is 0.0941. The number of halogens is 1. The lowest BCUT2D eigenvalue weighted by molar-refractivity contribution is -0.122. The molecule has 1 fully saturated rings. The average molecular weight is 314 g/mol. The van der Waals surface area contributed by atoms with Gasteiger partial charge in [-0.1, -0.05) is 60.1 Å². The van der Waals surface area contributed by atoms with Crippen molar-refractivity contribution in [1.29, 1.82) is 0 Å². The first-order valence-corrected chi connectivity index (χ1v) is 8.19. The Morgan fingerprint density at radius 1 is 1.09 bits per heavy atom. The second-order valence-electron chi connectivity index (χ2n) is 5.85. The number of aryl methyl sites for hydroxylation is 1. The van der Waals surface area contributed by atoms with Crippen LogP contribution < -0.4 is 5.32 Å². The van der Waals surface area contributed by atoms with Crippen molar-refractivity contribution in [2.24, 2.45) is 5.92 Å². The van der Waals surface area contributed by atoms with E-state index in [1.807, 2.05) is 42.5 Å².